The first-order valence-electron chi connectivity index (χ1n) is 9.81. The zero-order chi connectivity index (χ0) is 21.7. The summed E-state index contributed by atoms with van der Waals surface area (Å²) >= 11 is 0. The molecule has 7 heteroatoms. The number of rotatable bonds is 8. The molecule has 7 nitrogen and oxygen atoms in total. The molecule has 156 valence electrons. The van der Waals surface area contributed by atoms with E-state index in [2.05, 4.69) is 4.98 Å². The number of hydroxylamine groups is 1. The van der Waals surface area contributed by atoms with Gasteiger partial charge in [-0.25, -0.2) is 5.48 Å². The van der Waals surface area contributed by atoms with Crippen LogP contribution in [0.15, 0.2) is 54.6 Å². The predicted octanol–water partition coefficient (Wildman–Crippen LogP) is 3.93. The highest BCUT2D eigenvalue weighted by molar-refractivity contribution is 6.00. The van der Waals surface area contributed by atoms with Gasteiger partial charge in [0.1, 0.15) is 11.4 Å². The summed E-state index contributed by atoms with van der Waals surface area (Å²) < 4.78 is 0. The standard InChI is InChI=1S/C23H25N3O4/c1-2-3-6-18(23(29)26-30)16-7-4-5-8-17(16)20-13-19(21(25-20)22(24)28)14-9-11-15(27)12-10-14/h4-5,7-13,18,25,27,30H,2-3,6H2,1H3,(H2,24,28)(H,26,29). The van der Waals surface area contributed by atoms with Gasteiger partial charge in [-0.2, -0.15) is 0 Å². The number of nitrogens with two attached hydrogens (primary N) is 1. The summed E-state index contributed by atoms with van der Waals surface area (Å²) in [6.07, 6.45) is 2.31. The van der Waals surface area contributed by atoms with Gasteiger partial charge >= 0.3 is 0 Å². The van der Waals surface area contributed by atoms with Gasteiger partial charge in [0.15, 0.2) is 0 Å². The molecular weight excluding hydrogens is 382 g/mol. The maximum atomic E-state index is 12.4. The molecule has 1 aromatic heterocycles. The third-order valence-electron chi connectivity index (χ3n) is 5.14. The summed E-state index contributed by atoms with van der Waals surface area (Å²) in [6, 6.07) is 15.7. The summed E-state index contributed by atoms with van der Waals surface area (Å²) in [6.45, 7) is 2.04. The number of H-pyrrole nitrogens is 1. The average molecular weight is 407 g/mol. The lowest BCUT2D eigenvalue weighted by molar-refractivity contribution is -0.130. The second-order valence-corrected chi connectivity index (χ2v) is 7.14. The fourth-order valence-corrected chi connectivity index (χ4v) is 3.62. The van der Waals surface area contributed by atoms with Crippen LogP contribution in [-0.2, 0) is 4.79 Å². The normalized spacial score (nSPS) is 11.8. The minimum atomic E-state index is -0.613. The number of phenolic OH excluding ortho intramolecular Hbond substituents is 1. The van der Waals surface area contributed by atoms with Crippen molar-refractivity contribution >= 4 is 11.8 Å². The molecule has 30 heavy (non-hydrogen) atoms. The van der Waals surface area contributed by atoms with E-state index in [1.54, 1.807) is 23.7 Å². The van der Waals surface area contributed by atoms with Crippen LogP contribution in [0.1, 0.15) is 48.2 Å². The van der Waals surface area contributed by atoms with E-state index < -0.39 is 17.7 Å². The van der Waals surface area contributed by atoms with Gasteiger partial charge in [-0.15, -0.1) is 0 Å². The molecule has 3 aromatic rings. The first-order chi connectivity index (χ1) is 14.5. The number of aromatic amines is 1. The van der Waals surface area contributed by atoms with Crippen LogP contribution < -0.4 is 11.2 Å². The quantitative estimate of drug-likeness (QED) is 0.286. The number of unbranched alkanes of at least 4 members (excludes halogenated alkanes) is 1. The number of carbonyl (C=O) groups excluding carboxylic acids is 2. The van der Waals surface area contributed by atoms with Gasteiger partial charge in [0.05, 0.1) is 5.92 Å². The zero-order valence-electron chi connectivity index (χ0n) is 16.7. The minimum absolute atomic E-state index is 0.120. The number of hydrogen-bond donors (Lipinski definition) is 5. The number of phenols is 1. The van der Waals surface area contributed by atoms with Crippen molar-refractivity contribution in [3.8, 4) is 28.1 Å². The van der Waals surface area contributed by atoms with Crippen molar-refractivity contribution in [1.82, 2.24) is 10.5 Å². The molecule has 0 aliphatic rings. The molecule has 1 unspecified atom stereocenters. The highest BCUT2D eigenvalue weighted by Gasteiger charge is 2.24. The third kappa shape index (κ3) is 4.36. The van der Waals surface area contributed by atoms with E-state index in [0.717, 1.165) is 29.5 Å². The predicted molar refractivity (Wildman–Crippen MR) is 114 cm³/mol. The Hall–Kier alpha value is -3.58. The van der Waals surface area contributed by atoms with E-state index in [-0.39, 0.29) is 11.4 Å². The Morgan fingerprint density at radius 1 is 1.10 bits per heavy atom. The molecule has 2 aromatic carbocycles. The summed E-state index contributed by atoms with van der Waals surface area (Å²) in [4.78, 5) is 27.5. The maximum Gasteiger partial charge on any atom is 0.265 e. The molecule has 1 heterocycles. The number of benzene rings is 2. The fourth-order valence-electron chi connectivity index (χ4n) is 3.62. The second kappa shape index (κ2) is 9.28. The molecule has 3 rings (SSSR count). The van der Waals surface area contributed by atoms with Crippen LogP contribution in [-0.4, -0.2) is 27.1 Å². The highest BCUT2D eigenvalue weighted by Crippen LogP contribution is 2.35. The van der Waals surface area contributed by atoms with Gasteiger partial charge in [-0.3, -0.25) is 14.8 Å². The lowest BCUT2D eigenvalue weighted by Crippen LogP contribution is -2.26. The number of carbonyl (C=O) groups is 2. The van der Waals surface area contributed by atoms with Crippen molar-refractivity contribution in [1.29, 1.82) is 0 Å². The molecule has 0 saturated heterocycles. The van der Waals surface area contributed by atoms with Crippen LogP contribution in [0, 0.1) is 0 Å². The van der Waals surface area contributed by atoms with E-state index >= 15 is 0 Å². The third-order valence-corrected chi connectivity index (χ3v) is 5.14. The minimum Gasteiger partial charge on any atom is -0.508 e. The largest absolute Gasteiger partial charge is 0.508 e. The lowest BCUT2D eigenvalue weighted by Gasteiger charge is -2.18. The molecule has 0 saturated carbocycles. The summed E-state index contributed by atoms with van der Waals surface area (Å²) in [7, 11) is 0. The van der Waals surface area contributed by atoms with Crippen molar-refractivity contribution in [2.75, 3.05) is 0 Å². The van der Waals surface area contributed by atoms with E-state index in [0.29, 0.717) is 17.7 Å². The molecule has 1 atom stereocenters. The number of amides is 2. The van der Waals surface area contributed by atoms with E-state index in [1.165, 1.54) is 12.1 Å². The smallest absolute Gasteiger partial charge is 0.265 e. The number of nitrogens with one attached hydrogen (secondary N) is 2. The lowest BCUT2D eigenvalue weighted by atomic mass is 9.88. The number of aromatic nitrogens is 1. The monoisotopic (exact) mass is 407 g/mol. The van der Waals surface area contributed by atoms with E-state index in [9.17, 15) is 19.9 Å². The van der Waals surface area contributed by atoms with Crippen LogP contribution in [0.4, 0.5) is 0 Å². The van der Waals surface area contributed by atoms with Gasteiger partial charge in [0.2, 0.25) is 0 Å². The zero-order valence-corrected chi connectivity index (χ0v) is 16.7. The second-order valence-electron chi connectivity index (χ2n) is 7.14. The van der Waals surface area contributed by atoms with Crippen LogP contribution in [0.5, 0.6) is 5.75 Å². The molecule has 0 radical (unpaired) electrons. The fraction of sp³-hybridized carbons (Fsp3) is 0.217. The summed E-state index contributed by atoms with van der Waals surface area (Å²) in [5.74, 6) is -1.51. The Bertz CT molecular complexity index is 1040. The van der Waals surface area contributed by atoms with Crippen molar-refractivity contribution in [3.63, 3.8) is 0 Å². The molecule has 0 spiro atoms. The first kappa shape index (κ1) is 21.1. The van der Waals surface area contributed by atoms with Crippen LogP contribution in [0.2, 0.25) is 0 Å². The van der Waals surface area contributed by atoms with Gasteiger partial charge in [0, 0.05) is 16.8 Å². The van der Waals surface area contributed by atoms with Gasteiger partial charge in [0.25, 0.3) is 11.8 Å². The van der Waals surface area contributed by atoms with Crippen LogP contribution in [0.25, 0.3) is 22.4 Å². The average Bonchev–Trinajstić information content (AvgIpc) is 3.20. The Kier molecular flexibility index (Phi) is 6.54. The first-order valence-corrected chi connectivity index (χ1v) is 9.81. The molecule has 0 bridgehead atoms. The molecule has 0 aliphatic heterocycles. The van der Waals surface area contributed by atoms with Crippen LogP contribution >= 0.6 is 0 Å². The number of aromatic hydroxyl groups is 1. The SMILES string of the molecule is CCCCC(C(=O)NO)c1ccccc1-c1cc(-c2ccc(O)cc2)c(C(N)=O)[nH]1. The Morgan fingerprint density at radius 3 is 2.43 bits per heavy atom. The number of primary amides is 1. The van der Waals surface area contributed by atoms with Crippen molar-refractivity contribution in [3.05, 3.63) is 65.9 Å². The summed E-state index contributed by atoms with van der Waals surface area (Å²) in [5.41, 5.74) is 11.0. The summed E-state index contributed by atoms with van der Waals surface area (Å²) in [5, 5.41) is 18.8. The van der Waals surface area contributed by atoms with Crippen molar-refractivity contribution in [2.45, 2.75) is 32.1 Å². The highest BCUT2D eigenvalue weighted by atomic mass is 16.5. The number of hydrogen-bond acceptors (Lipinski definition) is 4. The van der Waals surface area contributed by atoms with Crippen molar-refractivity contribution < 1.29 is 19.9 Å². The molecule has 0 fully saturated rings. The Morgan fingerprint density at radius 2 is 1.80 bits per heavy atom. The Balaban J connectivity index is 2.12. The van der Waals surface area contributed by atoms with E-state index in [4.69, 9.17) is 5.73 Å². The Labute approximate surface area is 174 Å². The molecule has 0 aliphatic carbocycles. The molecule has 2 amide bonds. The van der Waals surface area contributed by atoms with E-state index in [1.807, 2.05) is 31.2 Å². The topological polar surface area (TPSA) is 128 Å². The van der Waals surface area contributed by atoms with Gasteiger partial charge < -0.3 is 15.8 Å². The van der Waals surface area contributed by atoms with Gasteiger partial charge in [-0.1, -0.05) is 56.2 Å². The van der Waals surface area contributed by atoms with Crippen molar-refractivity contribution in [2.24, 2.45) is 5.73 Å². The van der Waals surface area contributed by atoms with Crippen LogP contribution in [0.3, 0.4) is 0 Å². The maximum absolute atomic E-state index is 12.4. The van der Waals surface area contributed by atoms with Gasteiger partial charge in [-0.05, 0) is 35.7 Å². The molecule has 6 N–H and O–H groups in total. The molecular formula is C23H25N3O4.